The highest BCUT2D eigenvalue weighted by Crippen LogP contribution is 2.37. The summed E-state index contributed by atoms with van der Waals surface area (Å²) in [7, 11) is -2.80. The summed E-state index contributed by atoms with van der Waals surface area (Å²) in [6.45, 7) is 0. The predicted octanol–water partition coefficient (Wildman–Crippen LogP) is 5.05. The minimum atomic E-state index is -4.69. The summed E-state index contributed by atoms with van der Waals surface area (Å²) >= 11 is 5.58. The van der Waals surface area contributed by atoms with E-state index in [1.807, 2.05) is 0 Å². The molecule has 1 aliphatic carbocycles. The summed E-state index contributed by atoms with van der Waals surface area (Å²) in [5, 5.41) is -0.503. The van der Waals surface area contributed by atoms with Gasteiger partial charge in [-0.05, 0) is 67.1 Å². The summed E-state index contributed by atoms with van der Waals surface area (Å²) in [6, 6.07) is 6.08. The van der Waals surface area contributed by atoms with Gasteiger partial charge in [0.1, 0.15) is 10.6 Å². The maximum Gasteiger partial charge on any atom is 0.417 e. The van der Waals surface area contributed by atoms with E-state index in [1.54, 1.807) is 6.07 Å². The zero-order valence-corrected chi connectivity index (χ0v) is 15.9. The van der Waals surface area contributed by atoms with Gasteiger partial charge < -0.3 is 4.74 Å². The maximum atomic E-state index is 13.0. The van der Waals surface area contributed by atoms with E-state index in [0.29, 0.717) is 6.07 Å². The molecule has 0 fully saturated rings. The van der Waals surface area contributed by atoms with Crippen molar-refractivity contribution in [1.82, 2.24) is 0 Å². The number of rotatable bonds is 4. The van der Waals surface area contributed by atoms with E-state index in [-0.39, 0.29) is 16.3 Å². The van der Waals surface area contributed by atoms with E-state index in [4.69, 9.17) is 16.3 Å². The van der Waals surface area contributed by atoms with Crippen LogP contribution < -0.4 is 9.46 Å². The first-order chi connectivity index (χ1) is 12.6. The molecule has 0 unspecified atom stereocenters. The molecule has 0 aliphatic heterocycles. The molecule has 1 N–H and O–H groups in total. The standard InChI is InChI=1S/C18H17ClF3NO3S/c1-26-16-8-11-4-2-3-5-12(11)9-17(16)27(24,25)23-13-6-7-15(19)14(10-13)18(20,21)22/h6-10,23H,2-5H2,1H3. The van der Waals surface area contributed by atoms with Crippen molar-refractivity contribution in [1.29, 1.82) is 0 Å². The van der Waals surface area contributed by atoms with Gasteiger partial charge in [-0.3, -0.25) is 4.72 Å². The molecule has 0 aromatic heterocycles. The van der Waals surface area contributed by atoms with Crippen molar-refractivity contribution >= 4 is 27.3 Å². The average molecular weight is 420 g/mol. The zero-order chi connectivity index (χ0) is 19.8. The van der Waals surface area contributed by atoms with E-state index in [1.165, 1.54) is 19.2 Å². The molecule has 9 heteroatoms. The number of alkyl halides is 3. The Balaban J connectivity index is 2.01. The third-order valence-corrected chi connectivity index (χ3v) is 6.17. The highest BCUT2D eigenvalue weighted by molar-refractivity contribution is 7.92. The van der Waals surface area contributed by atoms with Gasteiger partial charge in [-0.2, -0.15) is 13.2 Å². The number of ether oxygens (including phenoxy) is 1. The third-order valence-electron chi connectivity index (χ3n) is 4.44. The second-order valence-electron chi connectivity index (χ2n) is 6.28. The molecule has 2 aromatic carbocycles. The Kier molecular flexibility index (Phi) is 5.31. The van der Waals surface area contributed by atoms with Crippen LogP contribution >= 0.6 is 11.6 Å². The lowest BCUT2D eigenvalue weighted by atomic mass is 9.92. The van der Waals surface area contributed by atoms with Gasteiger partial charge >= 0.3 is 6.18 Å². The number of benzene rings is 2. The van der Waals surface area contributed by atoms with E-state index in [2.05, 4.69) is 4.72 Å². The monoisotopic (exact) mass is 419 g/mol. The molecule has 0 atom stereocenters. The molecule has 3 rings (SSSR count). The Labute approximate surface area is 160 Å². The summed E-state index contributed by atoms with van der Waals surface area (Å²) in [6.07, 6.45) is -1.13. The SMILES string of the molecule is COc1cc2c(cc1S(=O)(=O)Nc1ccc(Cl)c(C(F)(F)F)c1)CCCC2. The van der Waals surface area contributed by atoms with Crippen LogP contribution in [-0.2, 0) is 29.0 Å². The average Bonchev–Trinajstić information content (AvgIpc) is 2.61. The number of sulfonamides is 1. The smallest absolute Gasteiger partial charge is 0.417 e. The number of anilines is 1. The van der Waals surface area contributed by atoms with Gasteiger partial charge in [0.15, 0.2) is 0 Å². The number of hydrogen-bond donors (Lipinski definition) is 1. The van der Waals surface area contributed by atoms with Crippen molar-refractivity contribution in [3.63, 3.8) is 0 Å². The molecular formula is C18H17ClF3NO3S. The van der Waals surface area contributed by atoms with Gasteiger partial charge in [-0.25, -0.2) is 8.42 Å². The quantitative estimate of drug-likeness (QED) is 0.754. The molecule has 146 valence electrons. The number of hydrogen-bond acceptors (Lipinski definition) is 3. The first kappa shape index (κ1) is 19.8. The molecule has 1 aliphatic rings. The van der Waals surface area contributed by atoms with Crippen molar-refractivity contribution in [2.75, 3.05) is 11.8 Å². The van der Waals surface area contributed by atoms with E-state index in [0.717, 1.165) is 42.9 Å². The second kappa shape index (κ2) is 7.24. The largest absolute Gasteiger partial charge is 0.495 e. The van der Waals surface area contributed by atoms with Crippen molar-refractivity contribution in [2.45, 2.75) is 36.8 Å². The lowest BCUT2D eigenvalue weighted by Crippen LogP contribution is -2.16. The van der Waals surface area contributed by atoms with Gasteiger partial charge in [0.2, 0.25) is 0 Å². The summed E-state index contributed by atoms with van der Waals surface area (Å²) in [4.78, 5) is -0.103. The first-order valence-electron chi connectivity index (χ1n) is 8.21. The second-order valence-corrected chi connectivity index (χ2v) is 8.33. The zero-order valence-electron chi connectivity index (χ0n) is 14.4. The Morgan fingerprint density at radius 3 is 2.30 bits per heavy atom. The van der Waals surface area contributed by atoms with Crippen LogP contribution in [-0.4, -0.2) is 15.5 Å². The van der Waals surface area contributed by atoms with Crippen LogP contribution in [0.25, 0.3) is 0 Å². The molecule has 0 saturated carbocycles. The van der Waals surface area contributed by atoms with Crippen LogP contribution in [0.3, 0.4) is 0 Å². The number of halogens is 4. The van der Waals surface area contributed by atoms with E-state index in [9.17, 15) is 21.6 Å². The van der Waals surface area contributed by atoms with E-state index < -0.39 is 26.8 Å². The van der Waals surface area contributed by atoms with E-state index >= 15 is 0 Å². The van der Waals surface area contributed by atoms with Gasteiger partial charge in [0.25, 0.3) is 10.0 Å². The van der Waals surface area contributed by atoms with Crippen LogP contribution in [0.15, 0.2) is 35.2 Å². The van der Waals surface area contributed by atoms with Crippen LogP contribution in [0.4, 0.5) is 18.9 Å². The summed E-state index contributed by atoms with van der Waals surface area (Å²) in [5.74, 6) is 0.160. The molecule has 0 bridgehead atoms. The number of fused-ring (bicyclic) bond motifs is 1. The van der Waals surface area contributed by atoms with Crippen LogP contribution in [0.5, 0.6) is 5.75 Å². The van der Waals surface area contributed by atoms with Gasteiger partial charge in [0, 0.05) is 5.69 Å². The minimum Gasteiger partial charge on any atom is -0.495 e. The fourth-order valence-electron chi connectivity index (χ4n) is 3.13. The fourth-order valence-corrected chi connectivity index (χ4v) is 4.60. The van der Waals surface area contributed by atoms with Gasteiger partial charge in [-0.1, -0.05) is 11.6 Å². The minimum absolute atomic E-state index is 0.103. The number of aryl methyl sites for hydroxylation is 2. The maximum absolute atomic E-state index is 13.0. The molecule has 4 nitrogen and oxygen atoms in total. The van der Waals surface area contributed by atoms with Crippen molar-refractivity contribution < 1.29 is 26.3 Å². The topological polar surface area (TPSA) is 55.4 Å². The molecule has 0 heterocycles. The Morgan fingerprint density at radius 2 is 1.70 bits per heavy atom. The van der Waals surface area contributed by atoms with Crippen molar-refractivity contribution in [2.24, 2.45) is 0 Å². The molecule has 2 aromatic rings. The molecule has 0 radical (unpaired) electrons. The highest BCUT2D eigenvalue weighted by Gasteiger charge is 2.34. The Morgan fingerprint density at radius 1 is 1.07 bits per heavy atom. The lowest BCUT2D eigenvalue weighted by molar-refractivity contribution is -0.137. The summed E-state index contributed by atoms with van der Waals surface area (Å²) < 4.78 is 72.0. The van der Waals surface area contributed by atoms with Crippen LogP contribution in [0, 0.1) is 0 Å². The number of nitrogens with one attached hydrogen (secondary N) is 1. The number of methoxy groups -OCH3 is 1. The van der Waals surface area contributed by atoms with Crippen LogP contribution in [0.1, 0.15) is 29.5 Å². The first-order valence-corrected chi connectivity index (χ1v) is 10.1. The predicted molar refractivity (Wildman–Crippen MR) is 96.9 cm³/mol. The highest BCUT2D eigenvalue weighted by atomic mass is 35.5. The van der Waals surface area contributed by atoms with Gasteiger partial charge in [-0.15, -0.1) is 0 Å². The molecular weight excluding hydrogens is 403 g/mol. The summed E-state index contributed by atoms with van der Waals surface area (Å²) in [5.41, 5.74) is 0.602. The Bertz CT molecular complexity index is 975. The van der Waals surface area contributed by atoms with Crippen LogP contribution in [0.2, 0.25) is 5.02 Å². The normalized spacial score (nSPS) is 14.6. The molecule has 27 heavy (non-hydrogen) atoms. The Hall–Kier alpha value is -1.93. The van der Waals surface area contributed by atoms with Crippen molar-refractivity contribution in [3.05, 3.63) is 52.0 Å². The van der Waals surface area contributed by atoms with Crippen molar-refractivity contribution in [3.8, 4) is 5.75 Å². The molecule has 0 spiro atoms. The van der Waals surface area contributed by atoms with Gasteiger partial charge in [0.05, 0.1) is 17.7 Å². The molecule has 0 amide bonds. The molecule has 0 saturated heterocycles. The lowest BCUT2D eigenvalue weighted by Gasteiger charge is -2.20. The third kappa shape index (κ3) is 4.16. The fraction of sp³-hybridized carbons (Fsp3) is 0.333.